The number of hydrogen-bond acceptors (Lipinski definition) is 4. The monoisotopic (exact) mass is 294 g/mol. The zero-order valence-corrected chi connectivity index (χ0v) is 11.9. The molecule has 0 bridgehead atoms. The van der Waals surface area contributed by atoms with Crippen LogP contribution in [-0.2, 0) is 0 Å². The van der Waals surface area contributed by atoms with E-state index >= 15 is 0 Å². The van der Waals surface area contributed by atoms with Crippen molar-refractivity contribution < 1.29 is 13.9 Å². The molecule has 110 valence electrons. The van der Waals surface area contributed by atoms with Crippen LogP contribution in [0.5, 0.6) is 11.5 Å². The fourth-order valence-electron chi connectivity index (χ4n) is 1.96. The van der Waals surface area contributed by atoms with E-state index in [4.69, 9.17) is 9.15 Å². The second-order valence-electron chi connectivity index (χ2n) is 4.67. The maximum Gasteiger partial charge on any atom is 0.291 e. The van der Waals surface area contributed by atoms with Gasteiger partial charge >= 0.3 is 0 Å². The van der Waals surface area contributed by atoms with Crippen molar-refractivity contribution in [3.05, 3.63) is 72.4 Å². The van der Waals surface area contributed by atoms with Crippen LogP contribution >= 0.6 is 0 Å². The number of ether oxygens (including phenoxy) is 1. The Bertz CT molecular complexity index is 781. The summed E-state index contributed by atoms with van der Waals surface area (Å²) in [4.78, 5) is 16.2. The first-order valence-electron chi connectivity index (χ1n) is 6.76. The molecular weight excluding hydrogens is 280 g/mol. The van der Waals surface area contributed by atoms with Gasteiger partial charge in [-0.05, 0) is 25.1 Å². The number of anilines is 1. The first-order chi connectivity index (χ1) is 10.7. The quantitative estimate of drug-likeness (QED) is 0.789. The highest BCUT2D eigenvalue weighted by molar-refractivity contribution is 6.03. The molecule has 0 aliphatic heterocycles. The lowest BCUT2D eigenvalue weighted by Gasteiger charge is -2.11. The minimum Gasteiger partial charge on any atom is -0.459 e. The lowest BCUT2D eigenvalue weighted by atomic mass is 10.2. The summed E-state index contributed by atoms with van der Waals surface area (Å²) in [6.07, 6.45) is 4.62. The van der Waals surface area contributed by atoms with Crippen LogP contribution in [0.15, 0.2) is 65.5 Å². The van der Waals surface area contributed by atoms with E-state index in [1.165, 1.54) is 12.5 Å². The topological polar surface area (TPSA) is 64.4 Å². The molecule has 1 aromatic carbocycles. The number of para-hydroxylation sites is 1. The SMILES string of the molecule is Cc1ccoc1C(=O)Nc1cnccc1Oc1ccccc1. The van der Waals surface area contributed by atoms with Gasteiger partial charge in [-0.25, -0.2) is 0 Å². The molecule has 0 radical (unpaired) electrons. The molecule has 22 heavy (non-hydrogen) atoms. The maximum atomic E-state index is 12.2. The van der Waals surface area contributed by atoms with Gasteiger partial charge in [0, 0.05) is 17.8 Å². The summed E-state index contributed by atoms with van der Waals surface area (Å²) in [6.45, 7) is 1.81. The van der Waals surface area contributed by atoms with Crippen molar-refractivity contribution in [2.45, 2.75) is 6.92 Å². The van der Waals surface area contributed by atoms with E-state index in [0.29, 0.717) is 17.2 Å². The van der Waals surface area contributed by atoms with Gasteiger partial charge in [-0.15, -0.1) is 0 Å². The number of aromatic nitrogens is 1. The standard InChI is InChI=1S/C17H14N2O3/c1-12-8-10-21-16(12)17(20)19-14-11-18-9-7-15(14)22-13-5-3-2-4-6-13/h2-11H,1H3,(H,19,20). The molecule has 1 N–H and O–H groups in total. The number of furan rings is 1. The van der Waals surface area contributed by atoms with E-state index in [1.807, 2.05) is 37.3 Å². The summed E-state index contributed by atoms with van der Waals surface area (Å²) < 4.78 is 11.0. The van der Waals surface area contributed by atoms with E-state index in [9.17, 15) is 4.79 Å². The van der Waals surface area contributed by atoms with Crippen LogP contribution < -0.4 is 10.1 Å². The van der Waals surface area contributed by atoms with Gasteiger partial charge in [-0.1, -0.05) is 18.2 Å². The molecule has 0 unspecified atom stereocenters. The second kappa shape index (κ2) is 6.13. The Morgan fingerprint density at radius 2 is 2.00 bits per heavy atom. The molecule has 0 saturated heterocycles. The average molecular weight is 294 g/mol. The third kappa shape index (κ3) is 2.98. The number of rotatable bonds is 4. The lowest BCUT2D eigenvalue weighted by Crippen LogP contribution is -2.13. The molecule has 1 amide bonds. The number of pyridine rings is 1. The van der Waals surface area contributed by atoms with Gasteiger partial charge in [0.1, 0.15) is 11.4 Å². The summed E-state index contributed by atoms with van der Waals surface area (Å²) in [5, 5.41) is 2.75. The minimum absolute atomic E-state index is 0.273. The van der Waals surface area contributed by atoms with Gasteiger partial charge in [-0.3, -0.25) is 9.78 Å². The van der Waals surface area contributed by atoms with Crippen molar-refractivity contribution >= 4 is 11.6 Å². The second-order valence-corrected chi connectivity index (χ2v) is 4.67. The number of nitrogens with zero attached hydrogens (tertiary/aromatic N) is 1. The minimum atomic E-state index is -0.339. The van der Waals surface area contributed by atoms with E-state index < -0.39 is 0 Å². The Hall–Kier alpha value is -3.08. The molecule has 0 aliphatic rings. The lowest BCUT2D eigenvalue weighted by molar-refractivity contribution is 0.0995. The van der Waals surface area contributed by atoms with Crippen LogP contribution in [0.1, 0.15) is 16.1 Å². The number of carbonyl (C=O) groups excluding carboxylic acids is 1. The predicted octanol–water partition coefficient (Wildman–Crippen LogP) is 4.03. The van der Waals surface area contributed by atoms with Crippen LogP contribution in [0, 0.1) is 6.92 Å². The zero-order valence-electron chi connectivity index (χ0n) is 11.9. The van der Waals surface area contributed by atoms with Gasteiger partial charge in [0.05, 0.1) is 12.5 Å². The Morgan fingerprint density at radius 3 is 2.73 bits per heavy atom. The fraction of sp³-hybridized carbons (Fsp3) is 0.0588. The molecule has 3 aromatic rings. The van der Waals surface area contributed by atoms with E-state index in [1.54, 1.807) is 18.3 Å². The van der Waals surface area contributed by atoms with Crippen LogP contribution in [0.25, 0.3) is 0 Å². The maximum absolute atomic E-state index is 12.2. The van der Waals surface area contributed by atoms with Crippen molar-refractivity contribution in [1.29, 1.82) is 0 Å². The summed E-state index contributed by atoms with van der Waals surface area (Å²) >= 11 is 0. The smallest absolute Gasteiger partial charge is 0.291 e. The van der Waals surface area contributed by atoms with Crippen LogP contribution in [0.2, 0.25) is 0 Å². The van der Waals surface area contributed by atoms with Crippen LogP contribution in [-0.4, -0.2) is 10.9 Å². The first-order valence-corrected chi connectivity index (χ1v) is 6.76. The third-order valence-corrected chi connectivity index (χ3v) is 3.07. The van der Waals surface area contributed by atoms with Crippen molar-refractivity contribution in [1.82, 2.24) is 4.98 Å². The van der Waals surface area contributed by atoms with Gasteiger partial charge in [0.2, 0.25) is 0 Å². The van der Waals surface area contributed by atoms with Crippen molar-refractivity contribution in [2.24, 2.45) is 0 Å². The highest BCUT2D eigenvalue weighted by Crippen LogP contribution is 2.28. The van der Waals surface area contributed by atoms with Crippen LogP contribution in [0.4, 0.5) is 5.69 Å². The molecule has 0 spiro atoms. The molecule has 0 atom stereocenters. The Morgan fingerprint density at radius 1 is 1.18 bits per heavy atom. The van der Waals surface area contributed by atoms with Crippen LogP contribution in [0.3, 0.4) is 0 Å². The Labute approximate surface area is 127 Å². The van der Waals surface area contributed by atoms with Gasteiger partial charge in [0.25, 0.3) is 5.91 Å². The molecule has 5 nitrogen and oxygen atoms in total. The van der Waals surface area contributed by atoms with Gasteiger partial charge in [-0.2, -0.15) is 0 Å². The zero-order chi connectivity index (χ0) is 15.4. The summed E-state index contributed by atoms with van der Waals surface area (Å²) in [5.41, 5.74) is 1.25. The largest absolute Gasteiger partial charge is 0.459 e. The first kappa shape index (κ1) is 13.9. The summed E-state index contributed by atoms with van der Waals surface area (Å²) in [5.74, 6) is 1.13. The summed E-state index contributed by atoms with van der Waals surface area (Å²) in [6, 6.07) is 12.8. The molecule has 2 heterocycles. The average Bonchev–Trinajstić information content (AvgIpc) is 2.96. The highest BCUT2D eigenvalue weighted by Gasteiger charge is 2.15. The molecule has 0 aliphatic carbocycles. The predicted molar refractivity (Wildman–Crippen MR) is 82.2 cm³/mol. The van der Waals surface area contributed by atoms with E-state index in [0.717, 1.165) is 5.56 Å². The van der Waals surface area contributed by atoms with Gasteiger partial charge < -0.3 is 14.5 Å². The molecule has 0 fully saturated rings. The number of carbonyl (C=O) groups is 1. The number of amides is 1. The Balaban J connectivity index is 1.83. The molecule has 0 saturated carbocycles. The summed E-state index contributed by atoms with van der Waals surface area (Å²) in [7, 11) is 0. The number of hydrogen-bond donors (Lipinski definition) is 1. The highest BCUT2D eigenvalue weighted by atomic mass is 16.5. The number of aryl methyl sites for hydroxylation is 1. The number of nitrogens with one attached hydrogen (secondary N) is 1. The van der Waals surface area contributed by atoms with Crippen molar-refractivity contribution in [3.8, 4) is 11.5 Å². The van der Waals surface area contributed by atoms with Gasteiger partial charge in [0.15, 0.2) is 11.5 Å². The van der Waals surface area contributed by atoms with Crippen molar-refractivity contribution in [2.75, 3.05) is 5.32 Å². The third-order valence-electron chi connectivity index (χ3n) is 3.07. The van der Waals surface area contributed by atoms with E-state index in [2.05, 4.69) is 10.3 Å². The Kier molecular flexibility index (Phi) is 3.87. The van der Waals surface area contributed by atoms with E-state index in [-0.39, 0.29) is 11.7 Å². The molecule has 2 aromatic heterocycles. The van der Waals surface area contributed by atoms with Crippen molar-refractivity contribution in [3.63, 3.8) is 0 Å². The normalized spacial score (nSPS) is 10.2. The molecule has 3 rings (SSSR count). The fourth-order valence-corrected chi connectivity index (χ4v) is 1.96. The molecule has 5 heteroatoms. The molecular formula is C17H14N2O3. The number of benzene rings is 1.